The number of aliphatic carboxylic acids is 1. The zero-order chi connectivity index (χ0) is 20.8. The number of ether oxygens (including phenoxy) is 1. The first-order chi connectivity index (χ1) is 13.9. The van der Waals surface area contributed by atoms with Crippen LogP contribution < -0.4 is 15.4 Å². The van der Waals surface area contributed by atoms with E-state index in [1.54, 1.807) is 0 Å². The lowest BCUT2D eigenvalue weighted by Crippen LogP contribution is -2.12. The maximum absolute atomic E-state index is 12.9. The SMILES string of the molecule is O=C(O)COc1ccc(NC(=O)c2nnc(C(=O)Nc3ccc(F)cc3)s2)cc1. The van der Waals surface area contributed by atoms with E-state index in [2.05, 4.69) is 20.8 Å². The average molecular weight is 416 g/mol. The molecule has 0 radical (unpaired) electrons. The summed E-state index contributed by atoms with van der Waals surface area (Å²) in [4.78, 5) is 34.9. The molecule has 29 heavy (non-hydrogen) atoms. The maximum atomic E-state index is 12.9. The van der Waals surface area contributed by atoms with Crippen LogP contribution in [0.15, 0.2) is 48.5 Å². The van der Waals surface area contributed by atoms with Gasteiger partial charge in [0.05, 0.1) is 0 Å². The topological polar surface area (TPSA) is 131 Å². The second-order valence-corrected chi connectivity index (χ2v) is 6.51. The molecule has 9 nitrogen and oxygen atoms in total. The van der Waals surface area contributed by atoms with Crippen LogP contribution in [-0.2, 0) is 4.79 Å². The number of carboxylic acid groups (broad SMARTS) is 1. The van der Waals surface area contributed by atoms with Gasteiger partial charge >= 0.3 is 5.97 Å². The summed E-state index contributed by atoms with van der Waals surface area (Å²) < 4.78 is 17.9. The number of carboxylic acids is 1. The largest absolute Gasteiger partial charge is 0.482 e. The van der Waals surface area contributed by atoms with Gasteiger partial charge in [-0.3, -0.25) is 9.59 Å². The van der Waals surface area contributed by atoms with Crippen molar-refractivity contribution < 1.29 is 28.6 Å². The van der Waals surface area contributed by atoms with E-state index in [0.717, 1.165) is 11.3 Å². The molecule has 0 aliphatic carbocycles. The highest BCUT2D eigenvalue weighted by Gasteiger charge is 2.18. The van der Waals surface area contributed by atoms with Gasteiger partial charge in [0.2, 0.25) is 10.0 Å². The number of aromatic nitrogens is 2. The molecule has 0 aliphatic heterocycles. The number of hydrogen-bond donors (Lipinski definition) is 3. The van der Waals surface area contributed by atoms with Crippen LogP contribution in [0.2, 0.25) is 0 Å². The number of carbonyl (C=O) groups excluding carboxylic acids is 2. The van der Waals surface area contributed by atoms with Crippen molar-refractivity contribution in [1.82, 2.24) is 10.2 Å². The van der Waals surface area contributed by atoms with Crippen molar-refractivity contribution >= 4 is 40.5 Å². The van der Waals surface area contributed by atoms with E-state index in [4.69, 9.17) is 9.84 Å². The number of halogens is 1. The number of anilines is 2. The molecule has 1 aromatic heterocycles. The Labute approximate surface area is 167 Å². The Kier molecular flexibility index (Phi) is 6.09. The average Bonchev–Trinajstić information content (AvgIpc) is 3.20. The fourth-order valence-corrected chi connectivity index (χ4v) is 2.72. The summed E-state index contributed by atoms with van der Waals surface area (Å²) in [6.45, 7) is -0.473. The van der Waals surface area contributed by atoms with Gasteiger partial charge in [-0.2, -0.15) is 0 Å². The number of rotatable bonds is 7. The fourth-order valence-electron chi connectivity index (χ4n) is 2.09. The van der Waals surface area contributed by atoms with Crippen LogP contribution in [-0.4, -0.2) is 39.7 Å². The highest BCUT2D eigenvalue weighted by Crippen LogP contribution is 2.18. The van der Waals surface area contributed by atoms with E-state index >= 15 is 0 Å². The monoisotopic (exact) mass is 416 g/mol. The van der Waals surface area contributed by atoms with Crippen LogP contribution in [0, 0.1) is 5.82 Å². The Morgan fingerprint density at radius 3 is 1.86 bits per heavy atom. The molecule has 3 rings (SSSR count). The number of benzene rings is 2. The van der Waals surface area contributed by atoms with Crippen molar-refractivity contribution in [3.63, 3.8) is 0 Å². The third-order valence-electron chi connectivity index (χ3n) is 3.39. The Morgan fingerprint density at radius 1 is 0.897 bits per heavy atom. The number of nitrogens with zero attached hydrogens (tertiary/aromatic N) is 2. The van der Waals surface area contributed by atoms with Gasteiger partial charge in [0.1, 0.15) is 11.6 Å². The first-order valence-corrected chi connectivity index (χ1v) is 8.89. The van der Waals surface area contributed by atoms with Crippen molar-refractivity contribution in [2.75, 3.05) is 17.2 Å². The zero-order valence-corrected chi connectivity index (χ0v) is 15.4. The summed E-state index contributed by atoms with van der Waals surface area (Å²) in [6.07, 6.45) is 0. The summed E-state index contributed by atoms with van der Waals surface area (Å²) in [5, 5.41) is 21.0. The van der Waals surface area contributed by atoms with E-state index in [0.29, 0.717) is 17.1 Å². The van der Waals surface area contributed by atoms with Crippen molar-refractivity contribution in [3.05, 3.63) is 64.4 Å². The molecule has 3 aromatic rings. The van der Waals surface area contributed by atoms with Gasteiger partial charge in [-0.05, 0) is 48.5 Å². The fraction of sp³-hybridized carbons (Fsp3) is 0.0556. The third-order valence-corrected chi connectivity index (χ3v) is 4.31. The molecule has 3 N–H and O–H groups in total. The summed E-state index contributed by atoms with van der Waals surface area (Å²) >= 11 is 0.795. The molecular weight excluding hydrogens is 403 g/mol. The van der Waals surface area contributed by atoms with Crippen molar-refractivity contribution in [2.24, 2.45) is 0 Å². The molecule has 0 unspecified atom stereocenters. The summed E-state index contributed by atoms with van der Waals surface area (Å²) in [5.74, 6) is -2.34. The number of amides is 2. The highest BCUT2D eigenvalue weighted by atomic mass is 32.1. The van der Waals surface area contributed by atoms with Crippen LogP contribution in [0.25, 0.3) is 0 Å². The van der Waals surface area contributed by atoms with E-state index in [1.807, 2.05) is 0 Å². The minimum Gasteiger partial charge on any atom is -0.482 e. The lowest BCUT2D eigenvalue weighted by Gasteiger charge is -2.05. The molecule has 2 amide bonds. The number of hydrogen-bond acceptors (Lipinski definition) is 7. The van der Waals surface area contributed by atoms with E-state index in [1.165, 1.54) is 48.5 Å². The number of nitrogens with one attached hydrogen (secondary N) is 2. The highest BCUT2D eigenvalue weighted by molar-refractivity contribution is 7.15. The van der Waals surface area contributed by atoms with E-state index < -0.39 is 30.2 Å². The molecule has 1 heterocycles. The summed E-state index contributed by atoms with van der Waals surface area (Å²) in [7, 11) is 0. The maximum Gasteiger partial charge on any atom is 0.341 e. The minimum atomic E-state index is -1.10. The lowest BCUT2D eigenvalue weighted by molar-refractivity contribution is -0.139. The van der Waals surface area contributed by atoms with Gasteiger partial charge in [0.15, 0.2) is 6.61 Å². The quantitative estimate of drug-likeness (QED) is 0.540. The van der Waals surface area contributed by atoms with Crippen molar-refractivity contribution in [2.45, 2.75) is 0 Å². The van der Waals surface area contributed by atoms with Crippen molar-refractivity contribution in [3.8, 4) is 5.75 Å². The normalized spacial score (nSPS) is 10.2. The molecule has 0 saturated carbocycles. The predicted octanol–water partition coefficient (Wildman–Crippen LogP) is 2.65. The second-order valence-electron chi connectivity index (χ2n) is 5.53. The summed E-state index contributed by atoms with van der Waals surface area (Å²) in [6, 6.07) is 11.2. The standard InChI is InChI=1S/C18H13FN4O5S/c19-10-1-3-11(4-2-10)20-15(26)17-22-23-18(29-17)16(27)21-12-5-7-13(8-6-12)28-9-14(24)25/h1-8H,9H2,(H,20,26)(H,21,27)(H,24,25). The smallest absolute Gasteiger partial charge is 0.341 e. The lowest BCUT2D eigenvalue weighted by atomic mass is 10.3. The Hall–Kier alpha value is -3.86. The van der Waals surface area contributed by atoms with Crippen molar-refractivity contribution in [1.29, 1.82) is 0 Å². The van der Waals surface area contributed by atoms with Crippen LogP contribution in [0.4, 0.5) is 15.8 Å². The molecule has 2 aromatic carbocycles. The van der Waals surface area contributed by atoms with Crippen LogP contribution >= 0.6 is 11.3 Å². The molecule has 11 heteroatoms. The van der Waals surface area contributed by atoms with Crippen LogP contribution in [0.5, 0.6) is 5.75 Å². The Balaban J connectivity index is 1.59. The van der Waals surface area contributed by atoms with Gasteiger partial charge in [-0.25, -0.2) is 9.18 Å². The van der Waals surface area contributed by atoms with Gasteiger partial charge < -0.3 is 20.5 Å². The first kappa shape index (κ1) is 19.9. The van der Waals surface area contributed by atoms with Crippen LogP contribution in [0.3, 0.4) is 0 Å². The van der Waals surface area contributed by atoms with Gasteiger partial charge in [0.25, 0.3) is 11.8 Å². The molecule has 0 aliphatic rings. The first-order valence-electron chi connectivity index (χ1n) is 8.07. The molecule has 0 saturated heterocycles. The molecule has 0 fully saturated rings. The Morgan fingerprint density at radius 2 is 1.38 bits per heavy atom. The molecular formula is C18H13FN4O5S. The summed E-state index contributed by atoms with van der Waals surface area (Å²) in [5.41, 5.74) is 0.799. The van der Waals surface area contributed by atoms with Gasteiger partial charge in [-0.15, -0.1) is 10.2 Å². The number of carbonyl (C=O) groups is 3. The van der Waals surface area contributed by atoms with Gasteiger partial charge in [0, 0.05) is 11.4 Å². The van der Waals surface area contributed by atoms with E-state index in [-0.39, 0.29) is 10.0 Å². The Bertz CT molecular complexity index is 1040. The second kappa shape index (κ2) is 8.89. The molecule has 0 bridgehead atoms. The van der Waals surface area contributed by atoms with E-state index in [9.17, 15) is 18.8 Å². The molecule has 0 atom stereocenters. The third kappa shape index (κ3) is 5.56. The minimum absolute atomic E-state index is 0.0274. The molecule has 148 valence electrons. The van der Waals surface area contributed by atoms with Crippen LogP contribution in [0.1, 0.15) is 19.6 Å². The van der Waals surface area contributed by atoms with Gasteiger partial charge in [-0.1, -0.05) is 11.3 Å². The zero-order valence-electron chi connectivity index (χ0n) is 14.6. The predicted molar refractivity (Wildman–Crippen MR) is 102 cm³/mol. The molecule has 0 spiro atoms.